The van der Waals surface area contributed by atoms with Gasteiger partial charge in [0.1, 0.15) is 5.76 Å². The van der Waals surface area contributed by atoms with E-state index < -0.39 is 17.7 Å². The molecule has 1 atom stereocenters. The normalized spacial score (nSPS) is 18.9. The summed E-state index contributed by atoms with van der Waals surface area (Å²) in [6.07, 6.45) is 3.18. The van der Waals surface area contributed by atoms with Gasteiger partial charge in [-0.25, -0.2) is 0 Å². The lowest BCUT2D eigenvalue weighted by molar-refractivity contribution is -0.140. The molecule has 1 aromatic heterocycles. The monoisotopic (exact) mass is 400 g/mol. The minimum atomic E-state index is -0.723. The van der Waals surface area contributed by atoms with E-state index in [1.807, 2.05) is 13.8 Å². The number of benzene rings is 1. The lowest BCUT2D eigenvalue weighted by atomic mass is 9.96. The highest BCUT2D eigenvalue weighted by atomic mass is 35.5. The molecule has 1 fully saturated rings. The molecule has 1 unspecified atom stereocenters. The van der Waals surface area contributed by atoms with Crippen LogP contribution in [0.15, 0.2) is 54.4 Å². The van der Waals surface area contributed by atoms with E-state index in [0.29, 0.717) is 16.1 Å². The van der Waals surface area contributed by atoms with Crippen LogP contribution in [0.5, 0.6) is 0 Å². The maximum absolute atomic E-state index is 12.8. The van der Waals surface area contributed by atoms with Crippen LogP contribution in [0.3, 0.4) is 0 Å². The molecule has 1 N–H and O–H groups in total. The van der Waals surface area contributed by atoms with E-state index in [2.05, 4.69) is 4.98 Å². The van der Waals surface area contributed by atoms with Gasteiger partial charge in [0.25, 0.3) is 11.7 Å². The molecule has 6 nitrogen and oxygen atoms in total. The van der Waals surface area contributed by atoms with E-state index in [0.717, 1.165) is 0 Å². The van der Waals surface area contributed by atoms with E-state index in [9.17, 15) is 14.7 Å². The molecule has 146 valence electrons. The molecule has 0 saturated carbocycles. The fraction of sp³-hybridized carbons (Fsp3) is 0.286. The quantitative estimate of drug-likeness (QED) is 0.455. The Balaban J connectivity index is 2.06. The maximum atomic E-state index is 12.8. The number of ether oxygens (including phenoxy) is 1. The van der Waals surface area contributed by atoms with Gasteiger partial charge in [-0.1, -0.05) is 11.6 Å². The second kappa shape index (κ2) is 8.54. The van der Waals surface area contributed by atoms with Crippen molar-refractivity contribution in [3.63, 3.8) is 0 Å². The molecule has 0 aliphatic carbocycles. The minimum absolute atomic E-state index is 0.00487. The molecule has 28 heavy (non-hydrogen) atoms. The Kier molecular flexibility index (Phi) is 6.11. The number of amides is 1. The fourth-order valence-electron chi connectivity index (χ4n) is 3.15. The average molecular weight is 401 g/mol. The highest BCUT2D eigenvalue weighted by molar-refractivity contribution is 6.46. The molecule has 1 saturated heterocycles. The third-order valence-electron chi connectivity index (χ3n) is 4.46. The topological polar surface area (TPSA) is 79.7 Å². The predicted octanol–water partition coefficient (Wildman–Crippen LogP) is 3.58. The molecule has 7 heteroatoms. The predicted molar refractivity (Wildman–Crippen MR) is 106 cm³/mol. The molecule has 3 rings (SSSR count). The summed E-state index contributed by atoms with van der Waals surface area (Å²) in [4.78, 5) is 30.9. The largest absolute Gasteiger partial charge is 0.507 e. The van der Waals surface area contributed by atoms with Gasteiger partial charge in [-0.15, -0.1) is 0 Å². The van der Waals surface area contributed by atoms with Crippen molar-refractivity contribution in [2.24, 2.45) is 0 Å². The van der Waals surface area contributed by atoms with Crippen molar-refractivity contribution in [2.75, 3.05) is 13.2 Å². The number of hydrogen-bond donors (Lipinski definition) is 1. The number of nitrogens with zero attached hydrogens (tertiary/aromatic N) is 2. The molecule has 1 aromatic carbocycles. The molecular formula is C21H21ClN2O4. The minimum Gasteiger partial charge on any atom is -0.507 e. The number of ketones is 1. The Morgan fingerprint density at radius 1 is 1.18 bits per heavy atom. The van der Waals surface area contributed by atoms with Crippen molar-refractivity contribution in [1.29, 1.82) is 0 Å². The number of carbonyl (C=O) groups excluding carboxylic acids is 2. The number of aliphatic hydroxyl groups is 1. The zero-order valence-electron chi connectivity index (χ0n) is 15.6. The van der Waals surface area contributed by atoms with Gasteiger partial charge in [-0.3, -0.25) is 14.6 Å². The second-order valence-electron chi connectivity index (χ2n) is 6.70. The van der Waals surface area contributed by atoms with Gasteiger partial charge < -0.3 is 14.7 Å². The van der Waals surface area contributed by atoms with Crippen molar-refractivity contribution < 1.29 is 19.4 Å². The molecule has 0 spiro atoms. The van der Waals surface area contributed by atoms with E-state index in [1.54, 1.807) is 48.8 Å². The zero-order valence-corrected chi connectivity index (χ0v) is 16.4. The van der Waals surface area contributed by atoms with Crippen LogP contribution in [0.25, 0.3) is 5.76 Å². The van der Waals surface area contributed by atoms with Crippen LogP contribution in [-0.4, -0.2) is 45.9 Å². The van der Waals surface area contributed by atoms with E-state index >= 15 is 0 Å². The third kappa shape index (κ3) is 4.08. The Morgan fingerprint density at radius 3 is 2.43 bits per heavy atom. The highest BCUT2D eigenvalue weighted by Crippen LogP contribution is 2.39. The van der Waals surface area contributed by atoms with Crippen LogP contribution in [0.2, 0.25) is 5.02 Å². The number of rotatable bonds is 6. The summed E-state index contributed by atoms with van der Waals surface area (Å²) in [6, 6.07) is 9.18. The van der Waals surface area contributed by atoms with Crippen molar-refractivity contribution in [2.45, 2.75) is 26.0 Å². The summed E-state index contributed by atoms with van der Waals surface area (Å²) in [5.74, 6) is -1.62. The van der Waals surface area contributed by atoms with E-state index in [-0.39, 0.29) is 30.6 Å². The number of Topliss-reactive ketones (excluding diaryl/α,β-unsaturated/α-hetero) is 1. The third-order valence-corrected chi connectivity index (χ3v) is 4.71. The number of carbonyl (C=O) groups is 2. The molecule has 2 heterocycles. The average Bonchev–Trinajstić information content (AvgIpc) is 2.93. The summed E-state index contributed by atoms with van der Waals surface area (Å²) in [6.45, 7) is 4.31. The first-order valence-electron chi connectivity index (χ1n) is 8.96. The highest BCUT2D eigenvalue weighted by Gasteiger charge is 2.45. The number of aliphatic hydroxyl groups excluding tert-OH is 1. The number of hydrogen-bond acceptors (Lipinski definition) is 5. The Morgan fingerprint density at radius 2 is 1.82 bits per heavy atom. The SMILES string of the molecule is CC(C)OCCN1C(=O)C(=O)/C(=C(\O)c2ccc(Cl)cc2)C1c1ccncc1. The second-order valence-corrected chi connectivity index (χ2v) is 7.14. The summed E-state index contributed by atoms with van der Waals surface area (Å²) in [5, 5.41) is 11.4. The lowest BCUT2D eigenvalue weighted by Crippen LogP contribution is -2.33. The van der Waals surface area contributed by atoms with Gasteiger partial charge in [0, 0.05) is 29.5 Å². The van der Waals surface area contributed by atoms with Gasteiger partial charge in [-0.2, -0.15) is 0 Å². The van der Waals surface area contributed by atoms with Crippen molar-refractivity contribution >= 4 is 29.1 Å². The van der Waals surface area contributed by atoms with Crippen LogP contribution in [0.1, 0.15) is 31.0 Å². The zero-order chi connectivity index (χ0) is 20.3. The first-order chi connectivity index (χ1) is 13.4. The van der Waals surface area contributed by atoms with Gasteiger partial charge in [0.15, 0.2) is 0 Å². The summed E-state index contributed by atoms with van der Waals surface area (Å²) >= 11 is 5.91. The molecule has 2 aromatic rings. The fourth-order valence-corrected chi connectivity index (χ4v) is 3.28. The van der Waals surface area contributed by atoms with Crippen LogP contribution in [-0.2, 0) is 14.3 Å². The Bertz CT molecular complexity index is 894. The van der Waals surface area contributed by atoms with E-state index in [4.69, 9.17) is 16.3 Å². The molecule has 1 amide bonds. The van der Waals surface area contributed by atoms with Gasteiger partial charge >= 0.3 is 0 Å². The van der Waals surface area contributed by atoms with Gasteiger partial charge in [-0.05, 0) is 55.8 Å². The molecule has 0 bridgehead atoms. The van der Waals surface area contributed by atoms with Crippen LogP contribution < -0.4 is 0 Å². The van der Waals surface area contributed by atoms with Gasteiger partial charge in [0.05, 0.1) is 24.3 Å². The molecular weight excluding hydrogens is 380 g/mol. The standard InChI is InChI=1S/C21H21ClN2O4/c1-13(2)28-12-11-24-18(14-7-9-23-10-8-14)17(20(26)21(24)27)19(25)15-3-5-16(22)6-4-15/h3-10,13,18,25H,11-12H2,1-2H3/b19-17-. The van der Waals surface area contributed by atoms with Gasteiger partial charge in [0.2, 0.25) is 0 Å². The van der Waals surface area contributed by atoms with Crippen molar-refractivity contribution in [1.82, 2.24) is 9.88 Å². The van der Waals surface area contributed by atoms with Crippen LogP contribution >= 0.6 is 11.6 Å². The smallest absolute Gasteiger partial charge is 0.295 e. The number of likely N-dealkylation sites (tertiary alicyclic amines) is 1. The number of pyridine rings is 1. The summed E-state index contributed by atoms with van der Waals surface area (Å²) in [7, 11) is 0. The Hall–Kier alpha value is -2.70. The maximum Gasteiger partial charge on any atom is 0.295 e. The molecule has 0 radical (unpaired) electrons. The van der Waals surface area contributed by atoms with Crippen LogP contribution in [0, 0.1) is 0 Å². The molecule has 1 aliphatic rings. The van der Waals surface area contributed by atoms with Crippen LogP contribution in [0.4, 0.5) is 0 Å². The lowest BCUT2D eigenvalue weighted by Gasteiger charge is -2.25. The first kappa shape index (κ1) is 20.0. The Labute approximate surface area is 168 Å². The summed E-state index contributed by atoms with van der Waals surface area (Å²) < 4.78 is 5.55. The first-order valence-corrected chi connectivity index (χ1v) is 9.34. The van der Waals surface area contributed by atoms with Crippen molar-refractivity contribution in [3.8, 4) is 0 Å². The van der Waals surface area contributed by atoms with Crippen molar-refractivity contribution in [3.05, 3.63) is 70.5 Å². The summed E-state index contributed by atoms with van der Waals surface area (Å²) in [5.41, 5.74) is 1.15. The van der Waals surface area contributed by atoms with E-state index in [1.165, 1.54) is 4.90 Å². The molecule has 1 aliphatic heterocycles. The number of aromatic nitrogens is 1. The number of halogens is 1.